The molecule has 28 heavy (non-hydrogen) atoms. The van der Waals surface area contributed by atoms with Gasteiger partial charge in [-0.2, -0.15) is 0 Å². The van der Waals surface area contributed by atoms with E-state index in [-0.39, 0.29) is 9.77 Å². The van der Waals surface area contributed by atoms with Crippen molar-refractivity contribution in [2.75, 3.05) is 18.9 Å². The van der Waals surface area contributed by atoms with E-state index < -0.39 is 16.0 Å². The Kier molecular flexibility index (Phi) is 5.86. The molecule has 0 bridgehead atoms. The van der Waals surface area contributed by atoms with Gasteiger partial charge in [0.15, 0.2) is 11.5 Å². The van der Waals surface area contributed by atoms with E-state index in [1.54, 1.807) is 43.5 Å². The van der Waals surface area contributed by atoms with Gasteiger partial charge >= 0.3 is 5.97 Å². The summed E-state index contributed by atoms with van der Waals surface area (Å²) in [6.45, 7) is 0. The minimum absolute atomic E-state index is 0.0196. The van der Waals surface area contributed by atoms with Crippen LogP contribution >= 0.6 is 11.3 Å². The number of anilines is 1. The summed E-state index contributed by atoms with van der Waals surface area (Å²) >= 11 is 1.00. The molecule has 0 radical (unpaired) electrons. The average Bonchev–Trinajstić information content (AvgIpc) is 3.20. The van der Waals surface area contributed by atoms with Crippen molar-refractivity contribution < 1.29 is 27.4 Å². The maximum Gasteiger partial charge on any atom is 0.349 e. The Labute approximate surface area is 166 Å². The average molecular weight is 419 g/mol. The second-order valence-corrected chi connectivity index (χ2v) is 8.06. The molecule has 7 nitrogen and oxygen atoms in total. The van der Waals surface area contributed by atoms with E-state index in [0.717, 1.165) is 11.3 Å². The lowest BCUT2D eigenvalue weighted by molar-refractivity contribution is 0.0602. The third-order valence-electron chi connectivity index (χ3n) is 3.69. The summed E-state index contributed by atoms with van der Waals surface area (Å²) in [5.74, 6) is 0.938. The van der Waals surface area contributed by atoms with Crippen LogP contribution in [-0.4, -0.2) is 28.6 Å². The van der Waals surface area contributed by atoms with E-state index >= 15 is 0 Å². The molecule has 1 N–H and O–H groups in total. The van der Waals surface area contributed by atoms with E-state index in [1.807, 2.05) is 12.1 Å². The first kappa shape index (κ1) is 19.7. The Morgan fingerprint density at radius 1 is 0.964 bits per heavy atom. The fourth-order valence-electron chi connectivity index (χ4n) is 2.38. The number of nitrogens with one attached hydrogen (secondary N) is 1. The standard InChI is InChI=1S/C19H17NO6S2/c1-24-15-5-3-4-6-16(15)26-14-9-7-13(8-10-14)20-28(22,23)17-11-12-27-18(17)19(21)25-2/h3-12,20H,1-2H3. The minimum atomic E-state index is -3.94. The van der Waals surface area contributed by atoms with Crippen molar-refractivity contribution in [2.45, 2.75) is 4.90 Å². The first-order chi connectivity index (χ1) is 13.4. The molecule has 0 unspecified atom stereocenters. The molecule has 3 rings (SSSR count). The molecule has 0 aliphatic rings. The van der Waals surface area contributed by atoms with Crippen molar-refractivity contribution in [1.82, 2.24) is 0 Å². The van der Waals surface area contributed by atoms with Crippen molar-refractivity contribution in [1.29, 1.82) is 0 Å². The number of benzene rings is 2. The summed E-state index contributed by atoms with van der Waals surface area (Å²) in [5, 5.41) is 1.52. The van der Waals surface area contributed by atoms with Gasteiger partial charge in [0.25, 0.3) is 10.0 Å². The zero-order valence-corrected chi connectivity index (χ0v) is 16.7. The van der Waals surface area contributed by atoms with Gasteiger partial charge < -0.3 is 14.2 Å². The topological polar surface area (TPSA) is 90.9 Å². The summed E-state index contributed by atoms with van der Waals surface area (Å²) in [4.78, 5) is 11.6. The molecular weight excluding hydrogens is 402 g/mol. The molecule has 3 aromatic rings. The second kappa shape index (κ2) is 8.32. The van der Waals surface area contributed by atoms with Gasteiger partial charge in [-0.1, -0.05) is 12.1 Å². The zero-order valence-electron chi connectivity index (χ0n) is 15.0. The quantitative estimate of drug-likeness (QED) is 0.579. The highest BCUT2D eigenvalue weighted by molar-refractivity contribution is 7.93. The maximum absolute atomic E-state index is 12.6. The van der Waals surface area contributed by atoms with Crippen molar-refractivity contribution in [3.63, 3.8) is 0 Å². The smallest absolute Gasteiger partial charge is 0.349 e. The van der Waals surface area contributed by atoms with Crippen molar-refractivity contribution in [3.05, 3.63) is 64.9 Å². The molecule has 0 aliphatic carbocycles. The SMILES string of the molecule is COC(=O)c1sccc1S(=O)(=O)Nc1ccc(Oc2ccccc2OC)cc1. The van der Waals surface area contributed by atoms with E-state index in [1.165, 1.54) is 18.6 Å². The van der Waals surface area contributed by atoms with Crippen molar-refractivity contribution in [3.8, 4) is 17.2 Å². The molecular formula is C19H17NO6S2. The number of carbonyl (C=O) groups is 1. The number of hydrogen-bond acceptors (Lipinski definition) is 7. The summed E-state index contributed by atoms with van der Waals surface area (Å²) < 4.78 is 43.3. The van der Waals surface area contributed by atoms with Gasteiger partial charge in [-0.3, -0.25) is 4.72 Å². The number of rotatable bonds is 7. The molecule has 0 fully saturated rings. The third kappa shape index (κ3) is 4.26. The van der Waals surface area contributed by atoms with Crippen LogP contribution in [0.3, 0.4) is 0 Å². The highest BCUT2D eigenvalue weighted by Gasteiger charge is 2.24. The highest BCUT2D eigenvalue weighted by Crippen LogP contribution is 2.32. The van der Waals surface area contributed by atoms with Gasteiger partial charge in [0, 0.05) is 5.69 Å². The Morgan fingerprint density at radius 2 is 1.64 bits per heavy atom. The predicted molar refractivity (Wildman–Crippen MR) is 106 cm³/mol. The Bertz CT molecular complexity index is 1070. The van der Waals surface area contributed by atoms with Gasteiger partial charge in [0.05, 0.1) is 14.2 Å². The molecule has 9 heteroatoms. The number of thiophene rings is 1. The molecule has 146 valence electrons. The summed E-state index contributed by atoms with van der Waals surface area (Å²) in [6, 6.07) is 14.9. The van der Waals surface area contributed by atoms with Crippen molar-refractivity contribution >= 4 is 33.0 Å². The summed E-state index contributed by atoms with van der Waals surface area (Å²) in [7, 11) is -1.19. The van der Waals surface area contributed by atoms with Crippen molar-refractivity contribution in [2.24, 2.45) is 0 Å². The largest absolute Gasteiger partial charge is 0.493 e. The Balaban J connectivity index is 1.77. The number of sulfonamides is 1. The molecule has 0 saturated carbocycles. The number of esters is 1. The summed E-state index contributed by atoms with van der Waals surface area (Å²) in [6.07, 6.45) is 0. The molecule has 0 saturated heterocycles. The number of methoxy groups -OCH3 is 2. The fourth-order valence-corrected chi connectivity index (χ4v) is 4.78. The molecule has 0 amide bonds. The summed E-state index contributed by atoms with van der Waals surface area (Å²) in [5.41, 5.74) is 0.328. The molecule has 1 aromatic heterocycles. The van der Waals surface area contributed by atoms with E-state index in [9.17, 15) is 13.2 Å². The minimum Gasteiger partial charge on any atom is -0.493 e. The highest BCUT2D eigenvalue weighted by atomic mass is 32.2. The number of carbonyl (C=O) groups excluding carboxylic acids is 1. The maximum atomic E-state index is 12.6. The van der Waals surface area contributed by atoms with Gasteiger partial charge in [-0.05, 0) is 47.8 Å². The molecule has 0 atom stereocenters. The molecule has 1 heterocycles. The lowest BCUT2D eigenvalue weighted by Gasteiger charge is -2.11. The first-order valence-corrected chi connectivity index (χ1v) is 10.4. The third-order valence-corrected chi connectivity index (χ3v) is 6.14. The molecule has 0 spiro atoms. The number of ether oxygens (including phenoxy) is 3. The van der Waals surface area contributed by atoms with Crippen LogP contribution in [0, 0.1) is 0 Å². The molecule has 0 aliphatic heterocycles. The normalized spacial score (nSPS) is 10.9. The Morgan fingerprint density at radius 3 is 2.29 bits per heavy atom. The van der Waals surface area contributed by atoms with Gasteiger partial charge in [0.1, 0.15) is 15.5 Å². The van der Waals surface area contributed by atoms with Crippen LogP contribution in [0.2, 0.25) is 0 Å². The first-order valence-electron chi connectivity index (χ1n) is 8.04. The number of hydrogen-bond donors (Lipinski definition) is 1. The van der Waals surface area contributed by atoms with E-state index in [2.05, 4.69) is 9.46 Å². The lowest BCUT2D eigenvalue weighted by Crippen LogP contribution is -2.15. The fraction of sp³-hybridized carbons (Fsp3) is 0.105. The van der Waals surface area contributed by atoms with E-state index in [4.69, 9.17) is 9.47 Å². The number of para-hydroxylation sites is 2. The lowest BCUT2D eigenvalue weighted by atomic mass is 10.3. The molecule has 2 aromatic carbocycles. The zero-order chi connectivity index (χ0) is 20.1. The predicted octanol–water partition coefficient (Wildman–Crippen LogP) is 4.14. The monoisotopic (exact) mass is 419 g/mol. The van der Waals surface area contributed by atoms with E-state index in [0.29, 0.717) is 22.9 Å². The second-order valence-electron chi connectivity index (χ2n) is 5.49. The van der Waals surface area contributed by atoms with Crippen LogP contribution in [0.15, 0.2) is 64.9 Å². The van der Waals surface area contributed by atoms with Crippen LogP contribution in [0.25, 0.3) is 0 Å². The van der Waals surface area contributed by atoms with Gasteiger partial charge in [-0.15, -0.1) is 11.3 Å². The van der Waals surface area contributed by atoms with Crippen LogP contribution in [-0.2, 0) is 14.8 Å². The van der Waals surface area contributed by atoms with Gasteiger partial charge in [0.2, 0.25) is 0 Å². The van der Waals surface area contributed by atoms with Crippen LogP contribution < -0.4 is 14.2 Å². The Hall–Kier alpha value is -3.04. The van der Waals surface area contributed by atoms with Crippen LogP contribution in [0.5, 0.6) is 17.2 Å². The van der Waals surface area contributed by atoms with Gasteiger partial charge in [-0.25, -0.2) is 13.2 Å². The van der Waals surface area contributed by atoms with Crippen LogP contribution in [0.1, 0.15) is 9.67 Å². The van der Waals surface area contributed by atoms with Crippen LogP contribution in [0.4, 0.5) is 5.69 Å².